The molecule has 3 N–H and O–H groups in total. The van der Waals surface area contributed by atoms with Crippen molar-refractivity contribution in [1.29, 1.82) is 0 Å². The summed E-state index contributed by atoms with van der Waals surface area (Å²) in [4.78, 5) is 11.2. The van der Waals surface area contributed by atoms with Crippen molar-refractivity contribution in [2.45, 2.75) is 45.1 Å². The molecule has 0 spiro atoms. The maximum atomic E-state index is 11.2. The van der Waals surface area contributed by atoms with Gasteiger partial charge in [0.2, 0.25) is 0 Å². The number of carbonyl (C=O) groups is 1. The highest BCUT2D eigenvalue weighted by Gasteiger charge is 2.43. The molecule has 1 rings (SSSR count). The fourth-order valence-electron chi connectivity index (χ4n) is 2.18. The number of hydrogen-bond acceptors (Lipinski definition) is 3. The number of benzene rings is 1. The molecule has 0 heterocycles. The van der Waals surface area contributed by atoms with E-state index in [0.29, 0.717) is 12.4 Å². The zero-order valence-corrected chi connectivity index (χ0v) is 12.1. The van der Waals surface area contributed by atoms with Gasteiger partial charge in [-0.25, -0.2) is 0 Å². The molecule has 0 amide bonds. The van der Waals surface area contributed by atoms with Crippen LogP contribution in [0.25, 0.3) is 0 Å². The first kappa shape index (κ1) is 15.5. The van der Waals surface area contributed by atoms with Crippen LogP contribution in [0.1, 0.15) is 39.7 Å². The molecular weight excluding hydrogens is 242 g/mol. The summed E-state index contributed by atoms with van der Waals surface area (Å²) in [6.07, 6.45) is -0.0411. The Morgan fingerprint density at radius 2 is 1.89 bits per heavy atom. The van der Waals surface area contributed by atoms with Crippen LogP contribution in [0.2, 0.25) is 0 Å². The van der Waals surface area contributed by atoms with Gasteiger partial charge < -0.3 is 15.6 Å². The number of hydrogen-bond donors (Lipinski definition) is 2. The summed E-state index contributed by atoms with van der Waals surface area (Å²) in [5, 5.41) is 9.20. The quantitative estimate of drug-likeness (QED) is 0.829. The Hall–Kier alpha value is -1.55. The van der Waals surface area contributed by atoms with Gasteiger partial charge in [0.25, 0.3) is 0 Å². The summed E-state index contributed by atoms with van der Waals surface area (Å²) >= 11 is 0. The Kier molecular flexibility index (Phi) is 4.58. The van der Waals surface area contributed by atoms with E-state index in [2.05, 4.69) is 0 Å². The van der Waals surface area contributed by atoms with Gasteiger partial charge >= 0.3 is 5.97 Å². The minimum atomic E-state index is -0.868. The summed E-state index contributed by atoms with van der Waals surface area (Å²) < 4.78 is 5.61. The fourth-order valence-corrected chi connectivity index (χ4v) is 2.18. The number of rotatable bonds is 6. The molecule has 4 heteroatoms. The standard InChI is InChI=1S/C15H23NO3/c1-5-19-12-9-7-6-8-11(12)15(4,10-13(17)18)14(2,3)16/h6-9H,5,10,16H2,1-4H3,(H,17,18). The van der Waals surface area contributed by atoms with Gasteiger partial charge in [-0.15, -0.1) is 0 Å². The first-order valence-electron chi connectivity index (χ1n) is 6.45. The number of nitrogens with two attached hydrogens (primary N) is 1. The Bertz CT molecular complexity index is 451. The van der Waals surface area contributed by atoms with E-state index in [9.17, 15) is 9.90 Å². The third-order valence-electron chi connectivity index (χ3n) is 3.71. The van der Waals surface area contributed by atoms with Crippen molar-refractivity contribution in [1.82, 2.24) is 0 Å². The van der Waals surface area contributed by atoms with E-state index >= 15 is 0 Å². The van der Waals surface area contributed by atoms with Crippen molar-refractivity contribution >= 4 is 5.97 Å². The van der Waals surface area contributed by atoms with E-state index in [-0.39, 0.29) is 6.42 Å². The average molecular weight is 265 g/mol. The minimum absolute atomic E-state index is 0.0411. The summed E-state index contributed by atoms with van der Waals surface area (Å²) in [6, 6.07) is 7.50. The lowest BCUT2D eigenvalue weighted by molar-refractivity contribution is -0.139. The zero-order valence-electron chi connectivity index (χ0n) is 12.1. The lowest BCUT2D eigenvalue weighted by atomic mass is 9.66. The molecule has 1 aromatic carbocycles. The zero-order chi connectivity index (χ0) is 14.7. The molecule has 1 unspecified atom stereocenters. The van der Waals surface area contributed by atoms with Crippen LogP contribution in [0.5, 0.6) is 5.75 Å². The van der Waals surface area contributed by atoms with Gasteiger partial charge in [0.1, 0.15) is 5.75 Å². The molecule has 1 aromatic rings. The number of para-hydroxylation sites is 1. The molecule has 0 saturated heterocycles. The molecule has 1 atom stereocenters. The van der Waals surface area contributed by atoms with E-state index < -0.39 is 16.9 Å². The van der Waals surface area contributed by atoms with Gasteiger partial charge in [-0.3, -0.25) is 4.79 Å². The van der Waals surface area contributed by atoms with Crippen LogP contribution in [0.4, 0.5) is 0 Å². The van der Waals surface area contributed by atoms with Crippen LogP contribution in [-0.4, -0.2) is 23.2 Å². The number of carboxylic acid groups (broad SMARTS) is 1. The Morgan fingerprint density at radius 3 is 2.37 bits per heavy atom. The molecule has 0 saturated carbocycles. The first-order chi connectivity index (χ1) is 8.72. The number of ether oxygens (including phenoxy) is 1. The predicted molar refractivity (Wildman–Crippen MR) is 75.5 cm³/mol. The van der Waals surface area contributed by atoms with Crippen LogP contribution < -0.4 is 10.5 Å². The molecule has 0 bridgehead atoms. The third kappa shape index (κ3) is 3.26. The monoisotopic (exact) mass is 265 g/mol. The Balaban J connectivity index is 3.37. The Morgan fingerprint density at radius 1 is 1.32 bits per heavy atom. The largest absolute Gasteiger partial charge is 0.494 e. The second kappa shape index (κ2) is 5.61. The van der Waals surface area contributed by atoms with Crippen LogP contribution in [0, 0.1) is 0 Å². The van der Waals surface area contributed by atoms with E-state index in [1.807, 2.05) is 52.0 Å². The molecule has 0 aliphatic rings. The molecule has 4 nitrogen and oxygen atoms in total. The summed E-state index contributed by atoms with van der Waals surface area (Å²) in [6.45, 7) is 8.00. The smallest absolute Gasteiger partial charge is 0.304 e. The molecule has 0 aromatic heterocycles. The molecule has 0 radical (unpaired) electrons. The van der Waals surface area contributed by atoms with Gasteiger partial charge in [0.05, 0.1) is 13.0 Å². The van der Waals surface area contributed by atoms with Crippen molar-refractivity contribution in [3.8, 4) is 5.75 Å². The van der Waals surface area contributed by atoms with Gasteiger partial charge in [-0.05, 0) is 26.8 Å². The summed E-state index contributed by atoms with van der Waals surface area (Å²) in [5.41, 5.74) is 5.69. The van der Waals surface area contributed by atoms with Gasteiger partial charge in [0.15, 0.2) is 0 Å². The molecule has 0 aliphatic heterocycles. The van der Waals surface area contributed by atoms with Gasteiger partial charge in [-0.2, -0.15) is 0 Å². The minimum Gasteiger partial charge on any atom is -0.494 e. The average Bonchev–Trinajstić information content (AvgIpc) is 2.27. The van der Waals surface area contributed by atoms with Crippen LogP contribution in [0.15, 0.2) is 24.3 Å². The van der Waals surface area contributed by atoms with E-state index in [1.54, 1.807) is 0 Å². The predicted octanol–water partition coefficient (Wildman–Crippen LogP) is 2.55. The SMILES string of the molecule is CCOc1ccccc1C(C)(CC(=O)O)C(C)(C)N. The maximum absolute atomic E-state index is 11.2. The second-order valence-corrected chi connectivity index (χ2v) is 5.55. The lowest BCUT2D eigenvalue weighted by Gasteiger charge is -2.42. The van der Waals surface area contributed by atoms with Crippen LogP contribution in [0.3, 0.4) is 0 Å². The Labute approximate surface area is 114 Å². The van der Waals surface area contributed by atoms with Crippen LogP contribution >= 0.6 is 0 Å². The van der Waals surface area contributed by atoms with E-state index in [0.717, 1.165) is 5.56 Å². The van der Waals surface area contributed by atoms with Crippen molar-refractivity contribution < 1.29 is 14.6 Å². The van der Waals surface area contributed by atoms with E-state index in [4.69, 9.17) is 10.5 Å². The fraction of sp³-hybridized carbons (Fsp3) is 0.533. The highest BCUT2D eigenvalue weighted by Crippen LogP contribution is 2.41. The molecule has 19 heavy (non-hydrogen) atoms. The summed E-state index contributed by atoms with van der Waals surface area (Å²) in [7, 11) is 0. The maximum Gasteiger partial charge on any atom is 0.304 e. The number of aliphatic carboxylic acids is 1. The molecular formula is C15H23NO3. The van der Waals surface area contributed by atoms with E-state index in [1.165, 1.54) is 0 Å². The van der Waals surface area contributed by atoms with Crippen molar-refractivity contribution in [2.24, 2.45) is 5.73 Å². The van der Waals surface area contributed by atoms with Crippen molar-refractivity contribution in [3.05, 3.63) is 29.8 Å². The second-order valence-electron chi connectivity index (χ2n) is 5.55. The topological polar surface area (TPSA) is 72.5 Å². The van der Waals surface area contributed by atoms with Gasteiger partial charge in [0, 0.05) is 16.5 Å². The molecule has 0 aliphatic carbocycles. The highest BCUT2D eigenvalue weighted by molar-refractivity contribution is 5.70. The first-order valence-corrected chi connectivity index (χ1v) is 6.45. The van der Waals surface area contributed by atoms with Crippen molar-refractivity contribution in [3.63, 3.8) is 0 Å². The highest BCUT2D eigenvalue weighted by atomic mass is 16.5. The van der Waals surface area contributed by atoms with Crippen molar-refractivity contribution in [2.75, 3.05) is 6.61 Å². The molecule has 106 valence electrons. The van der Waals surface area contributed by atoms with Crippen LogP contribution in [-0.2, 0) is 10.2 Å². The number of carboxylic acids is 1. The third-order valence-corrected chi connectivity index (χ3v) is 3.71. The molecule has 0 fully saturated rings. The van der Waals surface area contributed by atoms with Gasteiger partial charge in [-0.1, -0.05) is 25.1 Å². The summed E-state index contributed by atoms with van der Waals surface area (Å²) in [5.74, 6) is -0.167. The normalized spacial score (nSPS) is 14.8. The lowest BCUT2D eigenvalue weighted by Crippen LogP contribution is -2.53.